The second-order valence-electron chi connectivity index (χ2n) is 9.21. The monoisotopic (exact) mass is 442 g/mol. The molecule has 1 fully saturated rings. The first-order chi connectivity index (χ1) is 16.3. The number of nitrogens with one attached hydrogen (secondary N) is 3. The maximum atomic E-state index is 4.60. The maximum Gasteiger partial charge on any atom is 0.130 e. The average molecular weight is 443 g/mol. The minimum atomic E-state index is 0.772. The van der Waals surface area contributed by atoms with Gasteiger partial charge in [0.2, 0.25) is 0 Å². The summed E-state index contributed by atoms with van der Waals surface area (Å²) in [6.45, 7) is 6.59. The third-order valence-corrected chi connectivity index (χ3v) is 6.73. The van der Waals surface area contributed by atoms with Gasteiger partial charge in [-0.2, -0.15) is 0 Å². The van der Waals surface area contributed by atoms with E-state index in [0.717, 1.165) is 73.4 Å². The molecule has 3 N–H and O–H groups in total. The van der Waals surface area contributed by atoms with Crippen LogP contribution < -0.4 is 16.0 Å². The Balaban J connectivity index is 1.34. The van der Waals surface area contributed by atoms with Crippen LogP contribution in [0.25, 0.3) is 11.1 Å². The molecule has 7 heterocycles. The van der Waals surface area contributed by atoms with Crippen LogP contribution in [-0.4, -0.2) is 54.1 Å². The quantitative estimate of drug-likeness (QED) is 0.475. The molecule has 8 bridgehead atoms. The smallest absolute Gasteiger partial charge is 0.130 e. The molecule has 5 aliphatic heterocycles. The Morgan fingerprint density at radius 3 is 2.64 bits per heavy atom. The second kappa shape index (κ2) is 10.8. The van der Waals surface area contributed by atoms with E-state index in [1.165, 1.54) is 31.5 Å². The molecule has 8 rings (SSSR count). The molecule has 0 unspecified atom stereocenters. The minimum Gasteiger partial charge on any atom is -0.370 e. The maximum absolute atomic E-state index is 4.60. The molecular formula is C27H34N6. The number of piperidine rings is 1. The van der Waals surface area contributed by atoms with Crippen LogP contribution in [0.4, 0.5) is 17.3 Å². The van der Waals surface area contributed by atoms with Crippen molar-refractivity contribution in [3.63, 3.8) is 0 Å². The highest BCUT2D eigenvalue weighted by atomic mass is 15.1. The molecule has 0 atom stereocenters. The van der Waals surface area contributed by atoms with Crippen molar-refractivity contribution in [2.75, 3.05) is 49.9 Å². The summed E-state index contributed by atoms with van der Waals surface area (Å²) >= 11 is 0. The second-order valence-corrected chi connectivity index (χ2v) is 9.21. The van der Waals surface area contributed by atoms with Gasteiger partial charge in [-0.3, -0.25) is 0 Å². The number of nitrogens with zero attached hydrogens (tertiary/aromatic N) is 3. The van der Waals surface area contributed by atoms with Crippen LogP contribution in [0, 0.1) is 5.92 Å². The summed E-state index contributed by atoms with van der Waals surface area (Å²) in [6, 6.07) is 17.1. The van der Waals surface area contributed by atoms with E-state index >= 15 is 0 Å². The molecule has 0 saturated carbocycles. The molecule has 6 heteroatoms. The Hall–Kier alpha value is -2.96. The Morgan fingerprint density at radius 2 is 1.76 bits per heavy atom. The minimum absolute atomic E-state index is 0.772. The molecule has 6 nitrogen and oxygen atoms in total. The molecule has 0 amide bonds. The van der Waals surface area contributed by atoms with E-state index in [-0.39, 0.29) is 0 Å². The summed E-state index contributed by atoms with van der Waals surface area (Å²) in [7, 11) is 0. The van der Waals surface area contributed by atoms with Gasteiger partial charge in [-0.25, -0.2) is 9.97 Å². The van der Waals surface area contributed by atoms with Gasteiger partial charge in [0, 0.05) is 43.3 Å². The van der Waals surface area contributed by atoms with E-state index < -0.39 is 0 Å². The molecule has 172 valence electrons. The van der Waals surface area contributed by atoms with Gasteiger partial charge in [0.1, 0.15) is 11.6 Å². The van der Waals surface area contributed by atoms with Crippen LogP contribution >= 0.6 is 0 Å². The fourth-order valence-corrected chi connectivity index (χ4v) is 4.81. The SMILES string of the molecule is c1cc2cc(c1)Nc1cc(ccn1)-c1ccc(nc1)NCCCNCCN1CCC(CC1)C2. The van der Waals surface area contributed by atoms with Crippen LogP contribution in [0.3, 0.4) is 0 Å². The number of rotatable bonds is 0. The lowest BCUT2D eigenvalue weighted by Crippen LogP contribution is -2.39. The van der Waals surface area contributed by atoms with Crippen LogP contribution in [-0.2, 0) is 6.42 Å². The van der Waals surface area contributed by atoms with E-state index in [1.807, 2.05) is 18.5 Å². The van der Waals surface area contributed by atoms with Crippen molar-refractivity contribution in [2.24, 2.45) is 5.92 Å². The number of pyridine rings is 2. The molecule has 33 heavy (non-hydrogen) atoms. The van der Waals surface area contributed by atoms with Gasteiger partial charge in [-0.15, -0.1) is 0 Å². The number of anilines is 3. The first-order valence-electron chi connectivity index (χ1n) is 12.3. The lowest BCUT2D eigenvalue weighted by Gasteiger charge is -2.32. The molecule has 0 spiro atoms. The van der Waals surface area contributed by atoms with Crippen molar-refractivity contribution in [3.8, 4) is 11.1 Å². The van der Waals surface area contributed by atoms with Crippen molar-refractivity contribution in [1.29, 1.82) is 0 Å². The number of hydrogen-bond donors (Lipinski definition) is 3. The molecule has 0 aliphatic carbocycles. The highest BCUT2D eigenvalue weighted by molar-refractivity contribution is 5.68. The largest absolute Gasteiger partial charge is 0.370 e. The Morgan fingerprint density at radius 1 is 0.818 bits per heavy atom. The summed E-state index contributed by atoms with van der Waals surface area (Å²) in [6.07, 6.45) is 8.60. The summed E-state index contributed by atoms with van der Waals surface area (Å²) in [5.74, 6) is 2.55. The standard InChI is InChI=1S/C27H34N6/c1-3-22-17-21-8-14-33(15-9-21)16-13-28-10-2-11-29-26-6-5-24(20-31-26)23-7-12-30-27(19-23)32-25(4-1)18-22/h1,3-7,12,18-21,28H,2,8-11,13-17H2,(H,29,31)(H,30,32). The Labute approximate surface area is 196 Å². The summed E-state index contributed by atoms with van der Waals surface area (Å²) in [5.41, 5.74) is 4.70. The summed E-state index contributed by atoms with van der Waals surface area (Å²) < 4.78 is 0. The molecule has 1 saturated heterocycles. The van der Waals surface area contributed by atoms with Gasteiger partial charge in [0.05, 0.1) is 0 Å². The summed E-state index contributed by atoms with van der Waals surface area (Å²) in [5, 5.41) is 10.5. The van der Waals surface area contributed by atoms with Crippen LogP contribution in [0.2, 0.25) is 0 Å². The van der Waals surface area contributed by atoms with Gasteiger partial charge in [-0.1, -0.05) is 12.1 Å². The van der Waals surface area contributed by atoms with E-state index in [2.05, 4.69) is 73.3 Å². The van der Waals surface area contributed by atoms with E-state index in [1.54, 1.807) is 0 Å². The average Bonchev–Trinajstić information content (AvgIpc) is 2.85. The third-order valence-electron chi connectivity index (χ3n) is 6.73. The first kappa shape index (κ1) is 21.9. The summed E-state index contributed by atoms with van der Waals surface area (Å²) in [4.78, 5) is 11.8. The normalized spacial score (nSPS) is 21.7. The zero-order valence-electron chi connectivity index (χ0n) is 19.3. The fourth-order valence-electron chi connectivity index (χ4n) is 4.81. The number of benzene rings is 1. The third kappa shape index (κ3) is 6.09. The first-order valence-corrected chi connectivity index (χ1v) is 12.3. The van der Waals surface area contributed by atoms with Crippen molar-refractivity contribution < 1.29 is 0 Å². The van der Waals surface area contributed by atoms with Gasteiger partial charge in [0.25, 0.3) is 0 Å². The predicted octanol–water partition coefficient (Wildman–Crippen LogP) is 4.55. The highest BCUT2D eigenvalue weighted by Gasteiger charge is 2.19. The fraction of sp³-hybridized carbons (Fsp3) is 0.407. The predicted molar refractivity (Wildman–Crippen MR) is 136 cm³/mol. The van der Waals surface area contributed by atoms with Crippen molar-refractivity contribution in [1.82, 2.24) is 20.2 Å². The van der Waals surface area contributed by atoms with E-state index in [9.17, 15) is 0 Å². The van der Waals surface area contributed by atoms with E-state index in [4.69, 9.17) is 0 Å². The van der Waals surface area contributed by atoms with Gasteiger partial charge < -0.3 is 20.9 Å². The molecule has 5 aliphatic rings. The lowest BCUT2D eigenvalue weighted by molar-refractivity contribution is 0.184. The van der Waals surface area contributed by atoms with Crippen LogP contribution in [0.1, 0.15) is 24.8 Å². The van der Waals surface area contributed by atoms with Crippen molar-refractivity contribution in [2.45, 2.75) is 25.7 Å². The van der Waals surface area contributed by atoms with Crippen LogP contribution in [0.5, 0.6) is 0 Å². The number of hydrogen-bond acceptors (Lipinski definition) is 6. The van der Waals surface area contributed by atoms with Gasteiger partial charge in [-0.05, 0) is 98.8 Å². The molecular weight excluding hydrogens is 408 g/mol. The Kier molecular flexibility index (Phi) is 7.14. The number of aromatic nitrogens is 2. The van der Waals surface area contributed by atoms with Crippen molar-refractivity contribution >= 4 is 17.3 Å². The molecule has 2 aromatic heterocycles. The van der Waals surface area contributed by atoms with Crippen LogP contribution in [0.15, 0.2) is 60.9 Å². The molecule has 0 radical (unpaired) electrons. The van der Waals surface area contributed by atoms with Gasteiger partial charge in [0.15, 0.2) is 0 Å². The molecule has 3 aromatic rings. The van der Waals surface area contributed by atoms with E-state index in [0.29, 0.717) is 0 Å². The zero-order valence-corrected chi connectivity index (χ0v) is 19.3. The molecule has 1 aromatic carbocycles. The highest BCUT2D eigenvalue weighted by Crippen LogP contribution is 2.26. The Bertz CT molecular complexity index is 1030. The van der Waals surface area contributed by atoms with Crippen molar-refractivity contribution in [3.05, 3.63) is 66.5 Å². The van der Waals surface area contributed by atoms with Gasteiger partial charge >= 0.3 is 0 Å². The topological polar surface area (TPSA) is 65.1 Å². The lowest BCUT2D eigenvalue weighted by atomic mass is 9.90. The zero-order chi connectivity index (χ0) is 22.3.